The quantitative estimate of drug-likeness (QED) is 0.273. The van der Waals surface area contributed by atoms with Crippen molar-refractivity contribution in [1.29, 1.82) is 0 Å². The van der Waals surface area contributed by atoms with Gasteiger partial charge in [-0.15, -0.1) is 0 Å². The first-order valence-corrected chi connectivity index (χ1v) is 11.2. The van der Waals surface area contributed by atoms with E-state index in [-0.39, 0.29) is 5.41 Å². The van der Waals surface area contributed by atoms with E-state index < -0.39 is 0 Å². The SMILES string of the molecule is CC1(C)c2ccccc2-c2cc3c(cc21)N(c1cccnc1)c1cccc2cccc-3c12. The predicted octanol–water partition coefficient (Wildman–Crippen LogP) is 7.99. The summed E-state index contributed by atoms with van der Waals surface area (Å²) in [6, 6.07) is 31.1. The first-order valence-electron chi connectivity index (χ1n) is 11.2. The summed E-state index contributed by atoms with van der Waals surface area (Å²) in [4.78, 5) is 6.83. The number of anilines is 3. The normalized spacial score (nSPS) is 14.8. The zero-order valence-electron chi connectivity index (χ0n) is 18.1. The lowest BCUT2D eigenvalue weighted by atomic mass is 9.81. The van der Waals surface area contributed by atoms with Gasteiger partial charge < -0.3 is 4.90 Å². The Kier molecular flexibility index (Phi) is 3.37. The minimum absolute atomic E-state index is 0.0372. The van der Waals surface area contributed by atoms with E-state index in [4.69, 9.17) is 0 Å². The Morgan fingerprint density at radius 3 is 2.31 bits per heavy atom. The van der Waals surface area contributed by atoms with Gasteiger partial charge in [-0.1, -0.05) is 68.4 Å². The lowest BCUT2D eigenvalue weighted by Gasteiger charge is -2.34. The third-order valence-corrected chi connectivity index (χ3v) is 7.26. The minimum atomic E-state index is -0.0372. The summed E-state index contributed by atoms with van der Waals surface area (Å²) in [6.07, 6.45) is 3.80. The summed E-state index contributed by atoms with van der Waals surface area (Å²) in [7, 11) is 0. The van der Waals surface area contributed by atoms with Crippen LogP contribution in [-0.2, 0) is 5.41 Å². The van der Waals surface area contributed by atoms with Gasteiger partial charge in [0.05, 0.1) is 23.3 Å². The minimum Gasteiger partial charge on any atom is -0.308 e. The van der Waals surface area contributed by atoms with Crippen LogP contribution in [0.25, 0.3) is 33.0 Å². The van der Waals surface area contributed by atoms with Gasteiger partial charge >= 0.3 is 0 Å². The Morgan fingerprint density at radius 2 is 1.47 bits per heavy atom. The van der Waals surface area contributed by atoms with Gasteiger partial charge in [0, 0.05) is 22.6 Å². The Morgan fingerprint density at radius 1 is 0.656 bits per heavy atom. The average Bonchev–Trinajstić information content (AvgIpc) is 3.06. The largest absolute Gasteiger partial charge is 0.308 e. The van der Waals surface area contributed by atoms with Crippen molar-refractivity contribution >= 4 is 27.8 Å². The zero-order valence-corrected chi connectivity index (χ0v) is 18.1. The molecule has 2 nitrogen and oxygen atoms in total. The standard InChI is InChI=1S/C30H22N2/c1-30(2)25-13-4-3-11-21(25)23-16-24-22-12-5-8-19-9-6-14-27(29(19)22)32(28(24)17-26(23)30)20-10-7-15-31-18-20/h3-18H,1-2H3. The molecule has 2 heterocycles. The van der Waals surface area contributed by atoms with Gasteiger partial charge in [0.15, 0.2) is 0 Å². The molecule has 1 aliphatic carbocycles. The van der Waals surface area contributed by atoms with E-state index in [0.717, 1.165) is 5.69 Å². The van der Waals surface area contributed by atoms with Crippen molar-refractivity contribution < 1.29 is 0 Å². The maximum absolute atomic E-state index is 4.44. The lowest BCUT2D eigenvalue weighted by molar-refractivity contribution is 0.660. The molecule has 32 heavy (non-hydrogen) atoms. The van der Waals surface area contributed by atoms with Crippen LogP contribution in [0.15, 0.2) is 97.3 Å². The van der Waals surface area contributed by atoms with Crippen LogP contribution in [0.3, 0.4) is 0 Å². The van der Waals surface area contributed by atoms with Crippen LogP contribution in [0.5, 0.6) is 0 Å². The summed E-state index contributed by atoms with van der Waals surface area (Å²) in [5.74, 6) is 0. The van der Waals surface area contributed by atoms with E-state index in [0.29, 0.717) is 0 Å². The molecule has 0 saturated carbocycles. The van der Waals surface area contributed by atoms with Crippen LogP contribution in [0.4, 0.5) is 17.1 Å². The maximum atomic E-state index is 4.44. The number of benzene rings is 4. The third-order valence-electron chi connectivity index (χ3n) is 7.26. The molecule has 2 heteroatoms. The first kappa shape index (κ1) is 17.7. The van der Waals surface area contributed by atoms with Gasteiger partial charge in [0.1, 0.15) is 0 Å². The summed E-state index contributed by atoms with van der Waals surface area (Å²) >= 11 is 0. The molecular formula is C30H22N2. The van der Waals surface area contributed by atoms with Gasteiger partial charge in [0.25, 0.3) is 0 Å². The molecule has 2 aliphatic rings. The van der Waals surface area contributed by atoms with E-state index >= 15 is 0 Å². The third kappa shape index (κ3) is 2.17. The van der Waals surface area contributed by atoms with Crippen molar-refractivity contribution in [3.63, 3.8) is 0 Å². The Bertz CT molecular complexity index is 1540. The molecule has 0 atom stereocenters. The molecule has 0 fully saturated rings. The van der Waals surface area contributed by atoms with Gasteiger partial charge in [-0.05, 0) is 63.5 Å². The number of rotatable bonds is 1. The molecular weight excluding hydrogens is 388 g/mol. The number of fused-ring (bicyclic) bond motifs is 5. The second-order valence-corrected chi connectivity index (χ2v) is 9.31. The summed E-state index contributed by atoms with van der Waals surface area (Å²) in [5, 5.41) is 2.57. The molecule has 152 valence electrons. The van der Waals surface area contributed by atoms with Crippen LogP contribution in [0.2, 0.25) is 0 Å². The summed E-state index contributed by atoms with van der Waals surface area (Å²) in [6.45, 7) is 4.69. The van der Waals surface area contributed by atoms with E-state index in [2.05, 4.69) is 103 Å². The van der Waals surface area contributed by atoms with Crippen molar-refractivity contribution in [3.8, 4) is 22.3 Å². The molecule has 4 aromatic carbocycles. The Labute approximate surface area is 187 Å². The fraction of sp³-hybridized carbons (Fsp3) is 0.100. The van der Waals surface area contributed by atoms with Crippen molar-refractivity contribution in [2.24, 2.45) is 0 Å². The number of hydrogen-bond donors (Lipinski definition) is 0. The highest BCUT2D eigenvalue weighted by Gasteiger charge is 2.38. The number of hydrogen-bond acceptors (Lipinski definition) is 2. The molecule has 0 radical (unpaired) electrons. The molecule has 0 spiro atoms. The molecule has 5 aromatic rings. The highest BCUT2D eigenvalue weighted by molar-refractivity contribution is 6.14. The molecule has 0 amide bonds. The van der Waals surface area contributed by atoms with Crippen LogP contribution in [0.1, 0.15) is 25.0 Å². The van der Waals surface area contributed by atoms with E-state index in [1.165, 1.54) is 55.5 Å². The Balaban J connectivity index is 1.63. The van der Waals surface area contributed by atoms with Crippen molar-refractivity contribution in [3.05, 3.63) is 108 Å². The van der Waals surface area contributed by atoms with Crippen LogP contribution < -0.4 is 4.90 Å². The molecule has 1 aliphatic heterocycles. The summed E-state index contributed by atoms with van der Waals surface area (Å²) < 4.78 is 0. The van der Waals surface area contributed by atoms with Gasteiger partial charge in [-0.3, -0.25) is 4.98 Å². The number of nitrogens with zero attached hydrogens (tertiary/aromatic N) is 2. The average molecular weight is 411 g/mol. The fourth-order valence-corrected chi connectivity index (χ4v) is 5.76. The smallest absolute Gasteiger partial charge is 0.0645 e. The molecule has 7 rings (SSSR count). The van der Waals surface area contributed by atoms with Crippen molar-refractivity contribution in [1.82, 2.24) is 4.98 Å². The Hall–Kier alpha value is -3.91. The highest BCUT2D eigenvalue weighted by atomic mass is 15.2. The first-order chi connectivity index (χ1) is 15.6. The maximum Gasteiger partial charge on any atom is 0.0645 e. The summed E-state index contributed by atoms with van der Waals surface area (Å²) in [5.41, 5.74) is 11.6. The van der Waals surface area contributed by atoms with Gasteiger partial charge in [-0.25, -0.2) is 0 Å². The number of pyridine rings is 1. The monoisotopic (exact) mass is 410 g/mol. The van der Waals surface area contributed by atoms with Crippen molar-refractivity contribution in [2.45, 2.75) is 19.3 Å². The molecule has 0 unspecified atom stereocenters. The highest BCUT2D eigenvalue weighted by Crippen LogP contribution is 2.56. The van der Waals surface area contributed by atoms with Gasteiger partial charge in [-0.2, -0.15) is 0 Å². The van der Waals surface area contributed by atoms with Crippen molar-refractivity contribution in [2.75, 3.05) is 4.90 Å². The van der Waals surface area contributed by atoms with Crippen LogP contribution >= 0.6 is 0 Å². The second-order valence-electron chi connectivity index (χ2n) is 9.31. The lowest BCUT2D eigenvalue weighted by Crippen LogP contribution is -2.18. The molecule has 1 aromatic heterocycles. The second kappa shape index (κ2) is 6.08. The van der Waals surface area contributed by atoms with Crippen LogP contribution in [-0.4, -0.2) is 4.98 Å². The van der Waals surface area contributed by atoms with E-state index in [9.17, 15) is 0 Å². The fourth-order valence-electron chi connectivity index (χ4n) is 5.76. The zero-order chi connectivity index (χ0) is 21.4. The van der Waals surface area contributed by atoms with Gasteiger partial charge in [0.2, 0.25) is 0 Å². The molecule has 0 saturated heterocycles. The van der Waals surface area contributed by atoms with E-state index in [1.54, 1.807) is 0 Å². The molecule has 0 bridgehead atoms. The topological polar surface area (TPSA) is 16.1 Å². The van der Waals surface area contributed by atoms with Crippen LogP contribution in [0, 0.1) is 0 Å². The predicted molar refractivity (Wildman–Crippen MR) is 133 cm³/mol. The molecule has 0 N–H and O–H groups in total. The number of aromatic nitrogens is 1. The van der Waals surface area contributed by atoms with E-state index in [1.807, 2.05) is 18.5 Å².